The molecule has 1 N–H and O–H groups in total. The number of fused-ring (bicyclic) bond motifs is 2. The van der Waals surface area contributed by atoms with Gasteiger partial charge in [-0.25, -0.2) is 0 Å². The lowest BCUT2D eigenvalue weighted by Crippen LogP contribution is -2.16. The predicted molar refractivity (Wildman–Crippen MR) is 28.5 cm³/mol. The molecule has 0 aromatic rings. The SMILES string of the molecule is OC1C2CCC1OC2. The van der Waals surface area contributed by atoms with E-state index in [4.69, 9.17) is 4.74 Å². The van der Waals surface area contributed by atoms with Crippen molar-refractivity contribution in [1.82, 2.24) is 0 Å². The van der Waals surface area contributed by atoms with Crippen molar-refractivity contribution in [2.24, 2.45) is 5.92 Å². The number of hydrogen-bond acceptors (Lipinski definition) is 2. The highest BCUT2D eigenvalue weighted by molar-refractivity contribution is 4.90. The lowest BCUT2D eigenvalue weighted by Gasteiger charge is -2.06. The van der Waals surface area contributed by atoms with Crippen LogP contribution in [0.15, 0.2) is 0 Å². The first kappa shape index (κ1) is 4.77. The van der Waals surface area contributed by atoms with E-state index < -0.39 is 0 Å². The molecule has 3 unspecified atom stereocenters. The molecule has 2 heteroatoms. The number of aliphatic hydroxyl groups is 1. The van der Waals surface area contributed by atoms with E-state index in [-0.39, 0.29) is 12.2 Å². The van der Waals surface area contributed by atoms with Gasteiger partial charge in [0.2, 0.25) is 0 Å². The van der Waals surface area contributed by atoms with Crippen LogP contribution in [0, 0.1) is 5.92 Å². The zero-order chi connectivity index (χ0) is 5.56. The fraction of sp³-hybridized carbons (Fsp3) is 1.00. The Hall–Kier alpha value is -0.0800. The molecule has 1 heterocycles. The van der Waals surface area contributed by atoms with Crippen molar-refractivity contribution in [3.05, 3.63) is 0 Å². The van der Waals surface area contributed by atoms with Crippen LogP contribution in [0.5, 0.6) is 0 Å². The largest absolute Gasteiger partial charge is 0.390 e. The fourth-order valence-electron chi connectivity index (χ4n) is 1.63. The summed E-state index contributed by atoms with van der Waals surface area (Å²) >= 11 is 0. The van der Waals surface area contributed by atoms with Crippen molar-refractivity contribution in [2.45, 2.75) is 25.0 Å². The van der Waals surface area contributed by atoms with Gasteiger partial charge in [-0.15, -0.1) is 0 Å². The second-order valence-corrected chi connectivity index (χ2v) is 2.70. The topological polar surface area (TPSA) is 29.5 Å². The van der Waals surface area contributed by atoms with Crippen LogP contribution in [0.3, 0.4) is 0 Å². The molecule has 2 bridgehead atoms. The summed E-state index contributed by atoms with van der Waals surface area (Å²) in [6.45, 7) is 0.797. The molecule has 8 heavy (non-hydrogen) atoms. The highest BCUT2D eigenvalue weighted by atomic mass is 16.5. The summed E-state index contributed by atoms with van der Waals surface area (Å²) in [6, 6.07) is 0. The van der Waals surface area contributed by atoms with E-state index in [9.17, 15) is 5.11 Å². The Morgan fingerprint density at radius 3 is 2.38 bits per heavy atom. The Labute approximate surface area is 48.5 Å². The van der Waals surface area contributed by atoms with E-state index in [0.717, 1.165) is 13.0 Å². The Bertz CT molecular complexity index is 82.7. The second kappa shape index (κ2) is 1.45. The van der Waals surface area contributed by atoms with Crippen LogP contribution in [-0.2, 0) is 4.74 Å². The zero-order valence-corrected chi connectivity index (χ0v) is 4.71. The van der Waals surface area contributed by atoms with Gasteiger partial charge >= 0.3 is 0 Å². The molecule has 2 rings (SSSR count). The average molecular weight is 114 g/mol. The Morgan fingerprint density at radius 1 is 1.38 bits per heavy atom. The molecule has 0 aromatic heterocycles. The van der Waals surface area contributed by atoms with E-state index in [0.29, 0.717) is 5.92 Å². The molecular formula is C6H10O2. The van der Waals surface area contributed by atoms with Gasteiger partial charge in [-0.3, -0.25) is 0 Å². The van der Waals surface area contributed by atoms with E-state index in [2.05, 4.69) is 0 Å². The van der Waals surface area contributed by atoms with Crippen molar-refractivity contribution in [1.29, 1.82) is 0 Å². The molecular weight excluding hydrogens is 104 g/mol. The van der Waals surface area contributed by atoms with Gasteiger partial charge in [-0.05, 0) is 12.8 Å². The normalized spacial score (nSPS) is 52.9. The number of ether oxygens (including phenoxy) is 1. The molecule has 1 aliphatic heterocycles. The van der Waals surface area contributed by atoms with Crippen LogP contribution in [0.1, 0.15) is 12.8 Å². The predicted octanol–water partition coefficient (Wildman–Crippen LogP) is 0.156. The van der Waals surface area contributed by atoms with Crippen molar-refractivity contribution in [3.63, 3.8) is 0 Å². The minimum Gasteiger partial charge on any atom is -0.390 e. The summed E-state index contributed by atoms with van der Waals surface area (Å²) in [5.41, 5.74) is 0. The lowest BCUT2D eigenvalue weighted by atomic mass is 10.1. The third kappa shape index (κ3) is 0.446. The fourth-order valence-corrected chi connectivity index (χ4v) is 1.63. The van der Waals surface area contributed by atoms with Crippen molar-refractivity contribution >= 4 is 0 Å². The van der Waals surface area contributed by atoms with Crippen molar-refractivity contribution in [3.8, 4) is 0 Å². The maximum atomic E-state index is 9.20. The number of aliphatic hydroxyl groups excluding tert-OH is 1. The highest BCUT2D eigenvalue weighted by Gasteiger charge is 2.41. The molecule has 1 aliphatic carbocycles. The van der Waals surface area contributed by atoms with Gasteiger partial charge in [0.1, 0.15) is 0 Å². The monoisotopic (exact) mass is 114 g/mol. The van der Waals surface area contributed by atoms with Gasteiger partial charge in [0.15, 0.2) is 0 Å². The van der Waals surface area contributed by atoms with Crippen LogP contribution in [-0.4, -0.2) is 23.9 Å². The Kier molecular flexibility index (Phi) is 0.866. The van der Waals surface area contributed by atoms with Gasteiger partial charge < -0.3 is 9.84 Å². The molecule has 3 atom stereocenters. The molecule has 2 fully saturated rings. The number of rotatable bonds is 0. The molecule has 2 aliphatic rings. The van der Waals surface area contributed by atoms with Gasteiger partial charge in [0.05, 0.1) is 18.8 Å². The van der Waals surface area contributed by atoms with Crippen LogP contribution < -0.4 is 0 Å². The average Bonchev–Trinajstić information content (AvgIpc) is 2.29. The molecule has 1 saturated heterocycles. The van der Waals surface area contributed by atoms with Crippen LogP contribution in [0.2, 0.25) is 0 Å². The van der Waals surface area contributed by atoms with Gasteiger partial charge in [-0.2, -0.15) is 0 Å². The standard InChI is InChI=1S/C6H10O2/c7-6-4-1-2-5(6)8-3-4/h4-7H,1-3H2. The van der Waals surface area contributed by atoms with E-state index in [1.165, 1.54) is 6.42 Å². The molecule has 0 aromatic carbocycles. The smallest absolute Gasteiger partial charge is 0.0851 e. The van der Waals surface area contributed by atoms with Gasteiger partial charge in [-0.1, -0.05) is 0 Å². The Morgan fingerprint density at radius 2 is 2.25 bits per heavy atom. The molecule has 0 radical (unpaired) electrons. The summed E-state index contributed by atoms with van der Waals surface area (Å²) in [6.07, 6.45) is 2.31. The molecule has 0 spiro atoms. The minimum absolute atomic E-state index is 0.130. The third-order valence-electron chi connectivity index (χ3n) is 2.21. The van der Waals surface area contributed by atoms with Crippen molar-refractivity contribution in [2.75, 3.05) is 6.61 Å². The Balaban J connectivity index is 2.16. The summed E-state index contributed by atoms with van der Waals surface area (Å²) in [4.78, 5) is 0. The summed E-state index contributed by atoms with van der Waals surface area (Å²) < 4.78 is 5.21. The van der Waals surface area contributed by atoms with Crippen LogP contribution in [0.25, 0.3) is 0 Å². The van der Waals surface area contributed by atoms with Gasteiger partial charge in [0, 0.05) is 5.92 Å². The van der Waals surface area contributed by atoms with Crippen LogP contribution >= 0.6 is 0 Å². The number of hydrogen-bond donors (Lipinski definition) is 1. The van der Waals surface area contributed by atoms with E-state index in [1.54, 1.807) is 0 Å². The van der Waals surface area contributed by atoms with Gasteiger partial charge in [0.25, 0.3) is 0 Å². The summed E-state index contributed by atoms with van der Waals surface area (Å²) in [7, 11) is 0. The lowest BCUT2D eigenvalue weighted by molar-refractivity contribution is 0.0441. The first-order chi connectivity index (χ1) is 3.88. The molecule has 0 amide bonds. The summed E-state index contributed by atoms with van der Waals surface area (Å²) in [5.74, 6) is 0.472. The highest BCUT2D eigenvalue weighted by Crippen LogP contribution is 2.34. The molecule has 2 nitrogen and oxygen atoms in total. The third-order valence-corrected chi connectivity index (χ3v) is 2.21. The second-order valence-electron chi connectivity index (χ2n) is 2.70. The van der Waals surface area contributed by atoms with Crippen LogP contribution in [0.4, 0.5) is 0 Å². The molecule has 46 valence electrons. The first-order valence-electron chi connectivity index (χ1n) is 3.17. The molecule has 1 saturated carbocycles. The van der Waals surface area contributed by atoms with E-state index >= 15 is 0 Å². The zero-order valence-electron chi connectivity index (χ0n) is 4.71. The van der Waals surface area contributed by atoms with Crippen molar-refractivity contribution < 1.29 is 9.84 Å². The minimum atomic E-state index is -0.130. The first-order valence-corrected chi connectivity index (χ1v) is 3.17. The quantitative estimate of drug-likeness (QED) is 0.486. The van der Waals surface area contributed by atoms with E-state index in [1.807, 2.05) is 0 Å². The maximum absolute atomic E-state index is 9.20. The summed E-state index contributed by atoms with van der Waals surface area (Å²) in [5, 5.41) is 9.20. The maximum Gasteiger partial charge on any atom is 0.0851 e.